The molecule has 0 aromatic rings. The van der Waals surface area contributed by atoms with E-state index in [-0.39, 0.29) is 0 Å². The van der Waals surface area contributed by atoms with Gasteiger partial charge in [0.15, 0.2) is 0 Å². The van der Waals surface area contributed by atoms with Crippen LogP contribution in [-0.4, -0.2) is 0 Å². The minimum atomic E-state index is 0.467. The first-order valence-electron chi connectivity index (χ1n) is 8.42. The lowest BCUT2D eigenvalue weighted by Gasteiger charge is -2.19. The van der Waals surface area contributed by atoms with Crippen LogP contribution in [0.15, 0.2) is 24.8 Å². The molecule has 0 aliphatic carbocycles. The number of unbranched alkanes of at least 4 members (excludes halogenated alkanes) is 1. The molecule has 0 nitrogen and oxygen atoms in total. The van der Waals surface area contributed by atoms with Crippen LogP contribution in [0.25, 0.3) is 0 Å². The SMILES string of the molecule is C=CC(C/C=C/CCCC(C)(C)C)CCCC(C)(C)C. The van der Waals surface area contributed by atoms with Gasteiger partial charge in [0.05, 0.1) is 0 Å². The van der Waals surface area contributed by atoms with Crippen molar-refractivity contribution in [1.29, 1.82) is 0 Å². The molecule has 0 spiro atoms. The van der Waals surface area contributed by atoms with Gasteiger partial charge < -0.3 is 0 Å². The number of hydrogen-bond donors (Lipinski definition) is 0. The Kier molecular flexibility index (Phi) is 9.18. The van der Waals surface area contributed by atoms with Crippen molar-refractivity contribution >= 4 is 0 Å². The van der Waals surface area contributed by atoms with E-state index in [1.807, 2.05) is 0 Å². The van der Waals surface area contributed by atoms with Crippen LogP contribution < -0.4 is 0 Å². The van der Waals surface area contributed by atoms with Crippen LogP contribution in [0.1, 0.15) is 86.5 Å². The van der Waals surface area contributed by atoms with Crippen molar-refractivity contribution in [3.05, 3.63) is 24.8 Å². The van der Waals surface area contributed by atoms with E-state index in [0.29, 0.717) is 16.7 Å². The summed E-state index contributed by atoms with van der Waals surface area (Å²) in [5.74, 6) is 0.663. The van der Waals surface area contributed by atoms with E-state index < -0.39 is 0 Å². The van der Waals surface area contributed by atoms with Gasteiger partial charge in [-0.05, 0) is 55.3 Å². The smallest absolute Gasteiger partial charge is 0.0202 e. The summed E-state index contributed by atoms with van der Waals surface area (Å²) >= 11 is 0. The Morgan fingerprint density at radius 3 is 1.90 bits per heavy atom. The fourth-order valence-corrected chi connectivity index (χ4v) is 2.37. The van der Waals surface area contributed by atoms with Gasteiger partial charge in [-0.25, -0.2) is 0 Å². The highest BCUT2D eigenvalue weighted by Crippen LogP contribution is 2.25. The molecular weight excluding hydrogens is 240 g/mol. The second-order valence-corrected chi connectivity index (χ2v) is 8.61. The maximum absolute atomic E-state index is 3.99. The number of allylic oxidation sites excluding steroid dienone is 3. The van der Waals surface area contributed by atoms with Gasteiger partial charge in [0.25, 0.3) is 0 Å². The lowest BCUT2D eigenvalue weighted by Crippen LogP contribution is -2.05. The topological polar surface area (TPSA) is 0 Å². The van der Waals surface area contributed by atoms with Gasteiger partial charge in [-0.3, -0.25) is 0 Å². The summed E-state index contributed by atoms with van der Waals surface area (Å²) in [6, 6.07) is 0. The first-order valence-corrected chi connectivity index (χ1v) is 8.42. The highest BCUT2D eigenvalue weighted by atomic mass is 14.2. The molecule has 0 heterocycles. The van der Waals surface area contributed by atoms with Gasteiger partial charge in [-0.2, -0.15) is 0 Å². The van der Waals surface area contributed by atoms with Crippen LogP contribution >= 0.6 is 0 Å². The maximum Gasteiger partial charge on any atom is -0.0202 e. The molecule has 0 saturated carbocycles. The molecule has 0 N–H and O–H groups in total. The molecule has 0 saturated heterocycles. The Labute approximate surface area is 128 Å². The summed E-state index contributed by atoms with van der Waals surface area (Å²) in [7, 11) is 0. The monoisotopic (exact) mass is 278 g/mol. The molecule has 0 amide bonds. The summed E-state index contributed by atoms with van der Waals surface area (Å²) in [6.45, 7) is 17.9. The Bertz CT molecular complexity index is 269. The van der Waals surface area contributed by atoms with Crippen molar-refractivity contribution in [1.82, 2.24) is 0 Å². The first-order chi connectivity index (χ1) is 9.14. The molecule has 0 aromatic heterocycles. The van der Waals surface area contributed by atoms with Crippen molar-refractivity contribution in [2.75, 3.05) is 0 Å². The van der Waals surface area contributed by atoms with Gasteiger partial charge in [0.1, 0.15) is 0 Å². The third-order valence-corrected chi connectivity index (χ3v) is 3.74. The molecule has 0 fully saturated rings. The van der Waals surface area contributed by atoms with Gasteiger partial charge in [-0.15, -0.1) is 6.58 Å². The highest BCUT2D eigenvalue weighted by Gasteiger charge is 2.11. The molecular formula is C20H38. The molecule has 0 aliphatic rings. The summed E-state index contributed by atoms with van der Waals surface area (Å²) in [5, 5.41) is 0. The summed E-state index contributed by atoms with van der Waals surface area (Å²) in [6.07, 6.45) is 15.8. The van der Waals surface area contributed by atoms with Gasteiger partial charge in [-0.1, -0.05) is 66.2 Å². The summed E-state index contributed by atoms with van der Waals surface area (Å²) < 4.78 is 0. The predicted octanol–water partition coefficient (Wildman–Crippen LogP) is 7.17. The molecule has 0 aromatic carbocycles. The Morgan fingerprint density at radius 2 is 1.40 bits per heavy atom. The molecule has 0 aliphatic heterocycles. The van der Waals surface area contributed by atoms with E-state index in [2.05, 4.69) is 66.3 Å². The fourth-order valence-electron chi connectivity index (χ4n) is 2.37. The van der Waals surface area contributed by atoms with E-state index in [1.165, 1.54) is 44.9 Å². The molecule has 1 unspecified atom stereocenters. The lowest BCUT2D eigenvalue weighted by molar-refractivity contribution is 0.349. The van der Waals surface area contributed by atoms with E-state index in [4.69, 9.17) is 0 Å². The quantitative estimate of drug-likeness (QED) is 0.310. The second kappa shape index (κ2) is 9.42. The third kappa shape index (κ3) is 13.9. The van der Waals surface area contributed by atoms with Crippen molar-refractivity contribution < 1.29 is 0 Å². The largest absolute Gasteiger partial charge is 0.103 e. The van der Waals surface area contributed by atoms with E-state index in [1.54, 1.807) is 0 Å². The molecule has 0 radical (unpaired) electrons. The van der Waals surface area contributed by atoms with Crippen LogP contribution in [0, 0.1) is 16.7 Å². The van der Waals surface area contributed by atoms with Crippen LogP contribution in [0.4, 0.5) is 0 Å². The summed E-state index contributed by atoms with van der Waals surface area (Å²) in [4.78, 5) is 0. The van der Waals surface area contributed by atoms with Crippen LogP contribution in [-0.2, 0) is 0 Å². The Morgan fingerprint density at radius 1 is 0.850 bits per heavy atom. The van der Waals surface area contributed by atoms with Crippen molar-refractivity contribution in [3.63, 3.8) is 0 Å². The molecule has 118 valence electrons. The lowest BCUT2D eigenvalue weighted by atomic mass is 9.87. The average Bonchev–Trinajstić information content (AvgIpc) is 2.28. The van der Waals surface area contributed by atoms with Gasteiger partial charge >= 0.3 is 0 Å². The fraction of sp³-hybridized carbons (Fsp3) is 0.800. The Balaban J connectivity index is 3.76. The van der Waals surface area contributed by atoms with Crippen LogP contribution in [0.5, 0.6) is 0 Å². The normalized spacial score (nSPS) is 14.7. The number of rotatable bonds is 9. The zero-order chi connectivity index (χ0) is 15.6. The highest BCUT2D eigenvalue weighted by molar-refractivity contribution is 4.90. The minimum Gasteiger partial charge on any atom is -0.103 e. The van der Waals surface area contributed by atoms with Gasteiger partial charge in [0.2, 0.25) is 0 Å². The minimum absolute atomic E-state index is 0.467. The second-order valence-electron chi connectivity index (χ2n) is 8.61. The van der Waals surface area contributed by atoms with Crippen molar-refractivity contribution in [2.45, 2.75) is 86.5 Å². The predicted molar refractivity (Wildman–Crippen MR) is 94.1 cm³/mol. The standard InChI is InChI=1S/C20H38/c1-8-18(15-13-17-20(5,6)7)14-11-9-10-12-16-19(2,3)4/h8-9,11,18H,1,10,12-17H2,2-7H3/b11-9+. The zero-order valence-electron chi connectivity index (χ0n) is 15.0. The maximum atomic E-state index is 3.99. The van der Waals surface area contributed by atoms with E-state index >= 15 is 0 Å². The van der Waals surface area contributed by atoms with E-state index in [9.17, 15) is 0 Å². The zero-order valence-corrected chi connectivity index (χ0v) is 15.0. The van der Waals surface area contributed by atoms with Crippen LogP contribution in [0.3, 0.4) is 0 Å². The summed E-state index contributed by atoms with van der Waals surface area (Å²) in [5.41, 5.74) is 0.943. The average molecular weight is 279 g/mol. The van der Waals surface area contributed by atoms with Crippen molar-refractivity contribution in [3.8, 4) is 0 Å². The van der Waals surface area contributed by atoms with Crippen molar-refractivity contribution in [2.24, 2.45) is 16.7 Å². The van der Waals surface area contributed by atoms with E-state index in [0.717, 1.165) is 0 Å². The molecule has 0 bridgehead atoms. The number of hydrogen-bond acceptors (Lipinski definition) is 0. The molecule has 20 heavy (non-hydrogen) atoms. The van der Waals surface area contributed by atoms with Gasteiger partial charge in [0, 0.05) is 0 Å². The molecule has 0 heteroatoms. The Hall–Kier alpha value is -0.520. The van der Waals surface area contributed by atoms with Crippen LogP contribution in [0.2, 0.25) is 0 Å². The first kappa shape index (κ1) is 19.5. The molecule has 1 atom stereocenters. The third-order valence-electron chi connectivity index (χ3n) is 3.74. The molecule has 0 rings (SSSR count).